The van der Waals surface area contributed by atoms with Gasteiger partial charge in [-0.2, -0.15) is 0 Å². The fourth-order valence-corrected chi connectivity index (χ4v) is 3.19. The minimum atomic E-state index is -0.538. The van der Waals surface area contributed by atoms with Gasteiger partial charge in [-0.3, -0.25) is 14.9 Å². The molecule has 0 aliphatic rings. The first-order chi connectivity index (χ1) is 9.49. The number of hydrogen-bond acceptors (Lipinski definition) is 4. The second kappa shape index (κ2) is 6.15. The molecule has 20 heavy (non-hydrogen) atoms. The Kier molecular flexibility index (Phi) is 4.51. The van der Waals surface area contributed by atoms with E-state index in [0.29, 0.717) is 12.1 Å². The molecule has 0 aliphatic carbocycles. The quantitative estimate of drug-likeness (QED) is 0.672. The minimum Gasteiger partial charge on any atom is -0.347 e. The predicted octanol–water partition coefficient (Wildman–Crippen LogP) is 3.66. The van der Waals surface area contributed by atoms with Crippen molar-refractivity contribution in [3.63, 3.8) is 0 Å². The van der Waals surface area contributed by atoms with Crippen molar-refractivity contribution >= 4 is 38.9 Å². The number of rotatable bonds is 4. The van der Waals surface area contributed by atoms with Crippen molar-refractivity contribution in [2.45, 2.75) is 13.5 Å². The number of carbonyl (C=O) groups excluding carboxylic acids is 1. The van der Waals surface area contributed by atoms with E-state index in [4.69, 9.17) is 0 Å². The molecule has 0 fully saturated rings. The van der Waals surface area contributed by atoms with Crippen LogP contribution in [-0.4, -0.2) is 10.8 Å². The lowest BCUT2D eigenvalue weighted by Gasteiger charge is -2.07. The molecule has 0 spiro atoms. The molecule has 2 aromatic rings. The van der Waals surface area contributed by atoms with Crippen molar-refractivity contribution in [1.82, 2.24) is 5.32 Å². The minimum absolute atomic E-state index is 0.119. The monoisotopic (exact) mass is 354 g/mol. The average Bonchev–Trinajstić information content (AvgIpc) is 2.81. The fourth-order valence-electron chi connectivity index (χ4n) is 1.80. The molecule has 0 unspecified atom stereocenters. The normalized spacial score (nSPS) is 10.3. The Morgan fingerprint density at radius 2 is 2.25 bits per heavy atom. The van der Waals surface area contributed by atoms with E-state index < -0.39 is 10.8 Å². The summed E-state index contributed by atoms with van der Waals surface area (Å²) in [6.07, 6.45) is 0. The predicted molar refractivity (Wildman–Crippen MR) is 81.0 cm³/mol. The molecule has 2 rings (SSSR count). The van der Waals surface area contributed by atoms with E-state index in [2.05, 4.69) is 21.2 Å². The Labute approximate surface area is 127 Å². The van der Waals surface area contributed by atoms with E-state index in [1.165, 1.54) is 17.4 Å². The van der Waals surface area contributed by atoms with Crippen molar-refractivity contribution in [3.8, 4) is 0 Å². The first-order valence-corrected chi connectivity index (χ1v) is 7.41. The summed E-state index contributed by atoms with van der Waals surface area (Å²) >= 11 is 4.84. The zero-order valence-corrected chi connectivity index (χ0v) is 13.0. The summed E-state index contributed by atoms with van der Waals surface area (Å²) in [7, 11) is 0. The van der Waals surface area contributed by atoms with Crippen molar-refractivity contribution in [2.24, 2.45) is 0 Å². The first kappa shape index (κ1) is 14.7. The number of hydrogen-bond donors (Lipinski definition) is 1. The molecule has 1 N–H and O–H groups in total. The van der Waals surface area contributed by atoms with Crippen LogP contribution in [0.15, 0.2) is 34.1 Å². The molecule has 0 aliphatic heterocycles. The first-order valence-electron chi connectivity index (χ1n) is 5.74. The Bertz CT molecular complexity index is 669. The van der Waals surface area contributed by atoms with Gasteiger partial charge in [-0.15, -0.1) is 11.3 Å². The van der Waals surface area contributed by atoms with E-state index in [0.717, 1.165) is 9.35 Å². The molecule has 1 heterocycles. The van der Waals surface area contributed by atoms with E-state index in [9.17, 15) is 14.9 Å². The van der Waals surface area contributed by atoms with Gasteiger partial charge in [0, 0.05) is 20.8 Å². The third kappa shape index (κ3) is 3.23. The van der Waals surface area contributed by atoms with Gasteiger partial charge >= 0.3 is 0 Å². The number of nitro groups is 1. The van der Waals surface area contributed by atoms with Crippen molar-refractivity contribution < 1.29 is 9.72 Å². The summed E-state index contributed by atoms with van der Waals surface area (Å²) in [6.45, 7) is 2.03. The number of nitrogens with zero attached hydrogens (tertiary/aromatic N) is 1. The highest BCUT2D eigenvalue weighted by Gasteiger charge is 2.21. The van der Waals surface area contributed by atoms with Crippen molar-refractivity contribution in [2.75, 3.05) is 0 Å². The Morgan fingerprint density at radius 3 is 2.85 bits per heavy atom. The SMILES string of the molecule is Cc1cccc([N+](=O)[O-])c1C(=O)NCc1cc(Br)cs1. The molecule has 1 aromatic heterocycles. The number of nitro benzene ring substituents is 1. The average molecular weight is 355 g/mol. The Morgan fingerprint density at radius 1 is 1.50 bits per heavy atom. The number of amides is 1. The molecule has 0 atom stereocenters. The van der Waals surface area contributed by atoms with Gasteiger partial charge in [0.25, 0.3) is 11.6 Å². The summed E-state index contributed by atoms with van der Waals surface area (Å²) in [5.41, 5.74) is 0.534. The second-order valence-corrected chi connectivity index (χ2v) is 6.05. The highest BCUT2D eigenvalue weighted by molar-refractivity contribution is 9.10. The lowest BCUT2D eigenvalue weighted by molar-refractivity contribution is -0.385. The second-order valence-electron chi connectivity index (χ2n) is 4.14. The van der Waals surface area contributed by atoms with Crippen LogP contribution in [0, 0.1) is 17.0 Å². The molecule has 1 amide bonds. The maximum absolute atomic E-state index is 12.1. The summed E-state index contributed by atoms with van der Waals surface area (Å²) < 4.78 is 0.952. The van der Waals surface area contributed by atoms with Crippen molar-refractivity contribution in [3.05, 3.63) is 60.2 Å². The summed E-state index contributed by atoms with van der Waals surface area (Å²) in [6, 6.07) is 6.49. The van der Waals surface area contributed by atoms with Crippen LogP contribution in [0.4, 0.5) is 5.69 Å². The number of thiophene rings is 1. The lowest BCUT2D eigenvalue weighted by atomic mass is 10.1. The molecule has 104 valence electrons. The number of halogens is 1. The van der Waals surface area contributed by atoms with Crippen LogP contribution in [0.1, 0.15) is 20.8 Å². The van der Waals surface area contributed by atoms with Crippen LogP contribution in [-0.2, 0) is 6.54 Å². The van der Waals surface area contributed by atoms with Gasteiger partial charge in [0.05, 0.1) is 11.5 Å². The maximum Gasteiger partial charge on any atom is 0.282 e. The van der Waals surface area contributed by atoms with E-state index in [1.807, 2.05) is 11.4 Å². The zero-order valence-electron chi connectivity index (χ0n) is 10.6. The molecule has 5 nitrogen and oxygen atoms in total. The molecule has 0 bridgehead atoms. The summed E-state index contributed by atoms with van der Waals surface area (Å²) in [5, 5.41) is 15.6. The lowest BCUT2D eigenvalue weighted by Crippen LogP contribution is -2.24. The standard InChI is InChI=1S/C13H11BrN2O3S/c1-8-3-2-4-11(16(18)19)12(8)13(17)15-6-10-5-9(14)7-20-10/h2-5,7H,6H2,1H3,(H,15,17). The van der Waals surface area contributed by atoms with Gasteiger partial charge < -0.3 is 5.32 Å². The van der Waals surface area contributed by atoms with E-state index >= 15 is 0 Å². The topological polar surface area (TPSA) is 72.2 Å². The molecule has 1 aromatic carbocycles. The Hall–Kier alpha value is -1.73. The molecule has 0 saturated carbocycles. The zero-order chi connectivity index (χ0) is 14.7. The highest BCUT2D eigenvalue weighted by atomic mass is 79.9. The van der Waals surface area contributed by atoms with Crippen LogP contribution < -0.4 is 5.32 Å². The summed E-state index contributed by atoms with van der Waals surface area (Å²) in [4.78, 5) is 23.6. The van der Waals surface area contributed by atoms with Crippen molar-refractivity contribution in [1.29, 1.82) is 0 Å². The molecule has 7 heteroatoms. The summed E-state index contributed by atoms with van der Waals surface area (Å²) in [5.74, 6) is -0.431. The van der Waals surface area contributed by atoms with Crippen LogP contribution in [0.3, 0.4) is 0 Å². The molecular formula is C13H11BrN2O3S. The maximum atomic E-state index is 12.1. The molecule has 0 saturated heterocycles. The van der Waals surface area contributed by atoms with Gasteiger partial charge in [0.2, 0.25) is 0 Å². The van der Waals surface area contributed by atoms with Gasteiger partial charge in [0.1, 0.15) is 5.56 Å². The van der Waals surface area contributed by atoms with Gasteiger partial charge in [0.15, 0.2) is 0 Å². The Balaban J connectivity index is 2.19. The van der Waals surface area contributed by atoms with Crippen LogP contribution in [0.2, 0.25) is 0 Å². The molecule has 0 radical (unpaired) electrons. The third-order valence-corrected chi connectivity index (χ3v) is 4.42. The van der Waals surface area contributed by atoms with Crippen LogP contribution in [0.5, 0.6) is 0 Å². The van der Waals surface area contributed by atoms with Gasteiger partial charge in [-0.25, -0.2) is 0 Å². The van der Waals surface area contributed by atoms with E-state index in [1.54, 1.807) is 19.1 Å². The van der Waals surface area contributed by atoms with Crippen LogP contribution >= 0.6 is 27.3 Å². The number of carbonyl (C=O) groups is 1. The fraction of sp³-hybridized carbons (Fsp3) is 0.154. The number of aryl methyl sites for hydroxylation is 1. The highest BCUT2D eigenvalue weighted by Crippen LogP contribution is 2.23. The third-order valence-electron chi connectivity index (χ3n) is 2.72. The smallest absolute Gasteiger partial charge is 0.282 e. The number of benzene rings is 1. The van der Waals surface area contributed by atoms with Crippen LogP contribution in [0.25, 0.3) is 0 Å². The van der Waals surface area contributed by atoms with Gasteiger partial charge in [-0.1, -0.05) is 12.1 Å². The molecular weight excluding hydrogens is 344 g/mol. The van der Waals surface area contributed by atoms with E-state index in [-0.39, 0.29) is 11.3 Å². The largest absolute Gasteiger partial charge is 0.347 e. The number of nitrogens with one attached hydrogen (secondary N) is 1. The van der Waals surface area contributed by atoms with Gasteiger partial charge in [-0.05, 0) is 34.5 Å².